The highest BCUT2D eigenvalue weighted by Gasteiger charge is 2.06. The van der Waals surface area contributed by atoms with Gasteiger partial charge in [-0.2, -0.15) is 0 Å². The van der Waals surface area contributed by atoms with Crippen LogP contribution in [0.4, 0.5) is 0 Å². The number of nitrogens with zero attached hydrogens (tertiary/aromatic N) is 2. The highest BCUT2D eigenvalue weighted by molar-refractivity contribution is 14.0. The summed E-state index contributed by atoms with van der Waals surface area (Å²) in [5.41, 5.74) is 2.50. The van der Waals surface area contributed by atoms with E-state index in [1.54, 1.807) is 12.1 Å². The Labute approximate surface area is 168 Å². The van der Waals surface area contributed by atoms with Crippen molar-refractivity contribution < 1.29 is 5.11 Å². The number of guanidine groups is 1. The smallest absolute Gasteiger partial charge is 0.193 e. The number of phenolic OH excluding ortho intramolecular Hbond substituents is 1. The molecule has 2 aromatic carbocycles. The van der Waals surface area contributed by atoms with Gasteiger partial charge in [-0.15, -0.1) is 24.0 Å². The van der Waals surface area contributed by atoms with Crippen LogP contribution in [0.2, 0.25) is 0 Å². The minimum Gasteiger partial charge on any atom is -0.508 e. The molecular formula is C20H28IN3O. The standard InChI is InChI=1S/C20H27N3O.HI/c1-3-21-20(23(2)16-18-8-5-4-6-9-18)22-15-7-10-17-11-13-19(24)14-12-17;/h4-6,8-9,11-14,24H,3,7,10,15-16H2,1-2H3,(H,21,22);1H. The summed E-state index contributed by atoms with van der Waals surface area (Å²) < 4.78 is 0. The molecule has 0 saturated carbocycles. The summed E-state index contributed by atoms with van der Waals surface area (Å²) in [6.07, 6.45) is 1.95. The number of rotatable bonds is 7. The van der Waals surface area contributed by atoms with Crippen LogP contribution in [0.5, 0.6) is 5.75 Å². The number of hydrogen-bond acceptors (Lipinski definition) is 2. The summed E-state index contributed by atoms with van der Waals surface area (Å²) in [6.45, 7) is 4.56. The van der Waals surface area contributed by atoms with E-state index in [9.17, 15) is 5.11 Å². The molecule has 25 heavy (non-hydrogen) atoms. The minimum absolute atomic E-state index is 0. The van der Waals surface area contributed by atoms with Crippen molar-refractivity contribution in [3.63, 3.8) is 0 Å². The van der Waals surface area contributed by atoms with E-state index in [1.165, 1.54) is 11.1 Å². The molecule has 0 amide bonds. The van der Waals surface area contributed by atoms with E-state index < -0.39 is 0 Å². The molecule has 0 aliphatic carbocycles. The van der Waals surface area contributed by atoms with Crippen LogP contribution in [0.25, 0.3) is 0 Å². The highest BCUT2D eigenvalue weighted by Crippen LogP contribution is 2.11. The van der Waals surface area contributed by atoms with Crippen LogP contribution in [0.15, 0.2) is 59.6 Å². The lowest BCUT2D eigenvalue weighted by Gasteiger charge is -2.22. The lowest BCUT2D eigenvalue weighted by Crippen LogP contribution is -2.38. The van der Waals surface area contributed by atoms with Gasteiger partial charge in [-0.05, 0) is 43.0 Å². The Morgan fingerprint density at radius 3 is 2.36 bits per heavy atom. The fourth-order valence-corrected chi connectivity index (χ4v) is 2.53. The Morgan fingerprint density at radius 2 is 1.72 bits per heavy atom. The zero-order valence-corrected chi connectivity index (χ0v) is 17.3. The second kappa shape index (κ2) is 11.7. The van der Waals surface area contributed by atoms with E-state index in [2.05, 4.69) is 48.5 Å². The van der Waals surface area contributed by atoms with Gasteiger partial charge in [0.05, 0.1) is 0 Å². The molecule has 5 heteroatoms. The number of aromatic hydroxyl groups is 1. The molecule has 0 bridgehead atoms. The van der Waals surface area contributed by atoms with Gasteiger partial charge in [-0.3, -0.25) is 4.99 Å². The first-order valence-corrected chi connectivity index (χ1v) is 8.50. The zero-order valence-electron chi connectivity index (χ0n) is 15.0. The van der Waals surface area contributed by atoms with Gasteiger partial charge in [-0.1, -0.05) is 42.5 Å². The first-order chi connectivity index (χ1) is 11.7. The average Bonchev–Trinajstić information content (AvgIpc) is 2.60. The maximum absolute atomic E-state index is 9.31. The van der Waals surface area contributed by atoms with Crippen molar-refractivity contribution in [1.82, 2.24) is 10.2 Å². The van der Waals surface area contributed by atoms with Gasteiger partial charge in [0, 0.05) is 26.7 Å². The molecule has 136 valence electrons. The SMILES string of the molecule is CCNC(=NCCCc1ccc(O)cc1)N(C)Cc1ccccc1.I. The summed E-state index contributed by atoms with van der Waals surface area (Å²) in [4.78, 5) is 6.88. The summed E-state index contributed by atoms with van der Waals surface area (Å²) in [5.74, 6) is 1.25. The van der Waals surface area contributed by atoms with Crippen LogP contribution in [-0.2, 0) is 13.0 Å². The Kier molecular flexibility index (Phi) is 9.99. The average molecular weight is 453 g/mol. The molecule has 0 saturated heterocycles. The van der Waals surface area contributed by atoms with Gasteiger partial charge in [0.25, 0.3) is 0 Å². The lowest BCUT2D eigenvalue weighted by atomic mass is 10.1. The third kappa shape index (κ3) is 7.77. The predicted octanol–water partition coefficient (Wildman–Crippen LogP) is 4.04. The molecule has 4 nitrogen and oxygen atoms in total. The van der Waals surface area contributed by atoms with Crippen LogP contribution >= 0.6 is 24.0 Å². The molecule has 0 aliphatic rings. The Bertz CT molecular complexity index is 629. The largest absolute Gasteiger partial charge is 0.508 e. The molecule has 0 atom stereocenters. The fraction of sp³-hybridized carbons (Fsp3) is 0.350. The van der Waals surface area contributed by atoms with Gasteiger partial charge in [-0.25, -0.2) is 0 Å². The third-order valence-corrected chi connectivity index (χ3v) is 3.78. The van der Waals surface area contributed by atoms with Crippen molar-refractivity contribution in [3.05, 3.63) is 65.7 Å². The molecule has 2 aromatic rings. The second-order valence-electron chi connectivity index (χ2n) is 5.85. The molecule has 2 rings (SSSR count). The van der Waals surface area contributed by atoms with Crippen LogP contribution in [0.3, 0.4) is 0 Å². The van der Waals surface area contributed by atoms with Gasteiger partial charge in [0.15, 0.2) is 5.96 Å². The van der Waals surface area contributed by atoms with Gasteiger partial charge < -0.3 is 15.3 Å². The van der Waals surface area contributed by atoms with Gasteiger partial charge >= 0.3 is 0 Å². The van der Waals surface area contributed by atoms with E-state index in [-0.39, 0.29) is 24.0 Å². The number of halogens is 1. The van der Waals surface area contributed by atoms with Crippen LogP contribution in [0, 0.1) is 0 Å². The number of hydrogen-bond donors (Lipinski definition) is 2. The number of aryl methyl sites for hydroxylation is 1. The van der Waals surface area contributed by atoms with Crippen LogP contribution < -0.4 is 5.32 Å². The van der Waals surface area contributed by atoms with E-state index in [0.717, 1.165) is 38.4 Å². The Morgan fingerprint density at radius 1 is 1.04 bits per heavy atom. The summed E-state index contributed by atoms with van der Waals surface area (Å²) in [7, 11) is 2.06. The minimum atomic E-state index is 0. The first kappa shape index (κ1) is 21.3. The van der Waals surface area contributed by atoms with Crippen molar-refractivity contribution in [3.8, 4) is 5.75 Å². The third-order valence-electron chi connectivity index (χ3n) is 3.78. The zero-order chi connectivity index (χ0) is 17.2. The van der Waals surface area contributed by atoms with E-state index in [0.29, 0.717) is 5.75 Å². The van der Waals surface area contributed by atoms with Crippen LogP contribution in [0.1, 0.15) is 24.5 Å². The summed E-state index contributed by atoms with van der Waals surface area (Å²) in [5, 5.41) is 12.7. The highest BCUT2D eigenvalue weighted by atomic mass is 127. The van der Waals surface area contributed by atoms with E-state index in [1.807, 2.05) is 18.2 Å². The maximum Gasteiger partial charge on any atom is 0.193 e. The van der Waals surface area contributed by atoms with E-state index >= 15 is 0 Å². The molecule has 0 unspecified atom stereocenters. The second-order valence-corrected chi connectivity index (χ2v) is 5.85. The maximum atomic E-state index is 9.31. The fourth-order valence-electron chi connectivity index (χ4n) is 2.53. The van der Waals surface area contributed by atoms with Crippen molar-refractivity contribution in [2.45, 2.75) is 26.3 Å². The molecule has 0 radical (unpaired) electrons. The molecule has 2 N–H and O–H groups in total. The molecule has 0 heterocycles. The summed E-state index contributed by atoms with van der Waals surface area (Å²) >= 11 is 0. The van der Waals surface area contributed by atoms with Gasteiger partial charge in [0.1, 0.15) is 5.75 Å². The molecule has 0 fully saturated rings. The van der Waals surface area contributed by atoms with Crippen LogP contribution in [-0.4, -0.2) is 36.1 Å². The first-order valence-electron chi connectivity index (χ1n) is 8.50. The van der Waals surface area contributed by atoms with Crippen molar-refractivity contribution in [2.24, 2.45) is 4.99 Å². The normalized spacial score (nSPS) is 10.9. The molecule has 0 spiro atoms. The number of benzene rings is 2. The predicted molar refractivity (Wildman–Crippen MR) is 116 cm³/mol. The van der Waals surface area contributed by atoms with Crippen molar-refractivity contribution in [1.29, 1.82) is 0 Å². The molecule has 0 aliphatic heterocycles. The van der Waals surface area contributed by atoms with Crippen molar-refractivity contribution >= 4 is 29.9 Å². The lowest BCUT2D eigenvalue weighted by molar-refractivity contribution is 0.475. The van der Waals surface area contributed by atoms with E-state index in [4.69, 9.17) is 4.99 Å². The summed E-state index contributed by atoms with van der Waals surface area (Å²) in [6, 6.07) is 17.8. The number of aliphatic imine (C=N–C) groups is 1. The number of phenols is 1. The monoisotopic (exact) mass is 453 g/mol. The van der Waals surface area contributed by atoms with Gasteiger partial charge in [0.2, 0.25) is 0 Å². The Hall–Kier alpha value is -1.76. The molecule has 0 aromatic heterocycles. The topological polar surface area (TPSA) is 47.9 Å². The Balaban J connectivity index is 0.00000312. The van der Waals surface area contributed by atoms with Crippen molar-refractivity contribution in [2.75, 3.05) is 20.1 Å². The quantitative estimate of drug-likeness (QED) is 0.288. The molecular weight excluding hydrogens is 425 g/mol. The number of nitrogens with one attached hydrogen (secondary N) is 1.